The first-order chi connectivity index (χ1) is 17.5. The summed E-state index contributed by atoms with van der Waals surface area (Å²) in [7, 11) is 3.25. The smallest absolute Gasteiger partial charge is 0.227 e. The van der Waals surface area contributed by atoms with Crippen molar-refractivity contribution in [3.63, 3.8) is 0 Å². The van der Waals surface area contributed by atoms with Crippen LogP contribution in [0.25, 0.3) is 11.1 Å². The van der Waals surface area contributed by atoms with Crippen molar-refractivity contribution >= 4 is 23.2 Å². The molecular formula is C30H36N2O4. The van der Waals surface area contributed by atoms with Crippen LogP contribution in [0.15, 0.2) is 36.4 Å². The van der Waals surface area contributed by atoms with Gasteiger partial charge in [-0.25, -0.2) is 0 Å². The molecule has 0 radical (unpaired) electrons. The third kappa shape index (κ3) is 4.25. The van der Waals surface area contributed by atoms with Crippen molar-refractivity contribution in [1.29, 1.82) is 0 Å². The van der Waals surface area contributed by atoms with Gasteiger partial charge in [0, 0.05) is 11.8 Å². The number of rotatable bonds is 7. The van der Waals surface area contributed by atoms with Crippen LogP contribution in [0.5, 0.6) is 11.5 Å². The van der Waals surface area contributed by atoms with Gasteiger partial charge in [0.15, 0.2) is 0 Å². The zero-order valence-corrected chi connectivity index (χ0v) is 21.2. The van der Waals surface area contributed by atoms with Gasteiger partial charge in [0.05, 0.1) is 25.6 Å². The minimum absolute atomic E-state index is 0.116. The highest BCUT2D eigenvalue weighted by Gasteiger charge is 2.44. The monoisotopic (exact) mass is 488 g/mol. The molecule has 4 bridgehead atoms. The molecule has 4 fully saturated rings. The number of hydrogen-bond donors (Lipinski definition) is 2. The first-order valence-corrected chi connectivity index (χ1v) is 13.5. The second kappa shape index (κ2) is 9.45. The Labute approximate surface area is 213 Å². The summed E-state index contributed by atoms with van der Waals surface area (Å²) < 4.78 is 11.3. The number of amides is 2. The largest absolute Gasteiger partial charge is 0.495 e. The second-order valence-corrected chi connectivity index (χ2v) is 11.4. The lowest BCUT2D eigenvalue weighted by molar-refractivity contribution is -0.122. The van der Waals surface area contributed by atoms with E-state index in [2.05, 4.69) is 10.6 Å². The topological polar surface area (TPSA) is 76.7 Å². The maximum Gasteiger partial charge on any atom is 0.227 e. The molecule has 6 nitrogen and oxygen atoms in total. The highest BCUT2D eigenvalue weighted by Crippen LogP contribution is 2.50. The average Bonchev–Trinajstić information content (AvgIpc) is 3.71. The van der Waals surface area contributed by atoms with E-state index < -0.39 is 0 Å². The van der Waals surface area contributed by atoms with Crippen LogP contribution in [0.4, 0.5) is 11.4 Å². The number of carbonyl (C=O) groups is 2. The molecule has 4 aliphatic rings. The van der Waals surface area contributed by atoms with Gasteiger partial charge in [0.1, 0.15) is 11.5 Å². The SMILES string of the molecule is COc1cc(-c2ccc(NC(=O)[C@@H]3C[C@H]4CC[C@H]3C4)c(OC)c2)ccc1NC(=O)[C@H]1C[C@H]2CC[C@H]1C2. The summed E-state index contributed by atoms with van der Waals surface area (Å²) in [6.45, 7) is 0. The number of ether oxygens (including phenoxy) is 2. The Morgan fingerprint density at radius 2 is 1.11 bits per heavy atom. The Morgan fingerprint density at radius 1 is 0.667 bits per heavy atom. The minimum atomic E-state index is 0.116. The van der Waals surface area contributed by atoms with E-state index in [4.69, 9.17) is 9.47 Å². The molecule has 36 heavy (non-hydrogen) atoms. The molecule has 190 valence electrons. The third-order valence-electron chi connectivity index (χ3n) is 9.40. The molecule has 2 aromatic rings. The number of nitrogens with one attached hydrogen (secondary N) is 2. The van der Waals surface area contributed by atoms with Gasteiger partial charge in [0.2, 0.25) is 11.8 Å². The van der Waals surface area contributed by atoms with Gasteiger partial charge in [0.25, 0.3) is 0 Å². The normalized spacial score (nSPS) is 29.8. The fourth-order valence-electron chi connectivity index (χ4n) is 7.53. The van der Waals surface area contributed by atoms with Crippen LogP contribution >= 0.6 is 0 Å². The molecule has 2 aromatic carbocycles. The van der Waals surface area contributed by atoms with Gasteiger partial charge < -0.3 is 20.1 Å². The lowest BCUT2D eigenvalue weighted by atomic mass is 9.88. The Balaban J connectivity index is 1.17. The summed E-state index contributed by atoms with van der Waals surface area (Å²) >= 11 is 0. The number of carbonyl (C=O) groups excluding carboxylic acids is 2. The molecular weight excluding hydrogens is 452 g/mol. The lowest BCUT2D eigenvalue weighted by Gasteiger charge is -2.22. The van der Waals surface area contributed by atoms with Gasteiger partial charge in [-0.3, -0.25) is 9.59 Å². The maximum absolute atomic E-state index is 13.0. The summed E-state index contributed by atoms with van der Waals surface area (Å²) in [5.41, 5.74) is 3.31. The highest BCUT2D eigenvalue weighted by atomic mass is 16.5. The van der Waals surface area contributed by atoms with Crippen LogP contribution in [-0.4, -0.2) is 26.0 Å². The maximum atomic E-state index is 13.0. The standard InChI is InChI=1S/C30H36N2O4/c1-35-27-15-19(7-9-25(27)31-29(33)23-13-17-3-5-21(23)11-17)20-8-10-26(28(16-20)36-2)32-30(34)24-14-18-4-6-22(24)12-18/h7-10,15-18,21-24H,3-6,11-14H2,1-2H3,(H,31,33)(H,32,34)/t17-,18-,21-,22-,23-,24+/m0/s1. The Morgan fingerprint density at radius 3 is 1.44 bits per heavy atom. The molecule has 4 saturated carbocycles. The van der Waals surface area contributed by atoms with Gasteiger partial charge >= 0.3 is 0 Å². The van der Waals surface area contributed by atoms with Crippen LogP contribution in [0.2, 0.25) is 0 Å². The molecule has 4 aliphatic carbocycles. The first-order valence-electron chi connectivity index (χ1n) is 13.5. The highest BCUT2D eigenvalue weighted by molar-refractivity contribution is 5.96. The Hall–Kier alpha value is -3.02. The van der Waals surface area contributed by atoms with Crippen LogP contribution in [0.1, 0.15) is 51.4 Å². The summed E-state index contributed by atoms with van der Waals surface area (Å²) in [6.07, 6.45) is 9.35. The Bertz CT molecular complexity index is 1090. The van der Waals surface area contributed by atoms with Crippen LogP contribution in [0.3, 0.4) is 0 Å². The molecule has 0 heterocycles. The number of hydrogen-bond acceptors (Lipinski definition) is 4. The molecule has 2 N–H and O–H groups in total. The number of anilines is 2. The van der Waals surface area contributed by atoms with Crippen molar-refractivity contribution in [3.05, 3.63) is 36.4 Å². The zero-order valence-electron chi connectivity index (χ0n) is 21.2. The molecule has 6 heteroatoms. The summed E-state index contributed by atoms with van der Waals surface area (Å²) in [6, 6.07) is 11.7. The van der Waals surface area contributed by atoms with Gasteiger partial charge in [-0.15, -0.1) is 0 Å². The van der Waals surface area contributed by atoms with E-state index in [0.717, 1.165) is 35.8 Å². The summed E-state index contributed by atoms with van der Waals surface area (Å²) in [4.78, 5) is 25.9. The first kappa shape index (κ1) is 23.4. The average molecular weight is 489 g/mol. The zero-order chi connectivity index (χ0) is 24.8. The van der Waals surface area contributed by atoms with Crippen LogP contribution < -0.4 is 20.1 Å². The predicted octanol–water partition coefficient (Wildman–Crippen LogP) is 6.12. The number of benzene rings is 2. The Kier molecular flexibility index (Phi) is 6.14. The van der Waals surface area contributed by atoms with E-state index in [0.29, 0.717) is 34.7 Å². The quantitative estimate of drug-likeness (QED) is 0.492. The molecule has 2 amide bonds. The fraction of sp³-hybridized carbons (Fsp3) is 0.533. The van der Waals surface area contributed by atoms with Gasteiger partial charge in [-0.05, 0) is 97.6 Å². The molecule has 0 spiro atoms. The van der Waals surface area contributed by atoms with Crippen molar-refractivity contribution in [2.24, 2.45) is 35.5 Å². The van der Waals surface area contributed by atoms with Crippen LogP contribution in [0, 0.1) is 35.5 Å². The van der Waals surface area contributed by atoms with Crippen molar-refractivity contribution in [3.8, 4) is 22.6 Å². The minimum Gasteiger partial charge on any atom is -0.495 e. The summed E-state index contributed by atoms with van der Waals surface area (Å²) in [5, 5.41) is 6.24. The molecule has 0 aliphatic heterocycles. The van der Waals surface area contributed by atoms with E-state index in [1.165, 1.54) is 38.5 Å². The van der Waals surface area contributed by atoms with Crippen molar-refractivity contribution < 1.29 is 19.1 Å². The lowest BCUT2D eigenvalue weighted by Crippen LogP contribution is -2.27. The van der Waals surface area contributed by atoms with E-state index in [-0.39, 0.29) is 23.7 Å². The van der Waals surface area contributed by atoms with E-state index in [9.17, 15) is 9.59 Å². The van der Waals surface area contributed by atoms with E-state index >= 15 is 0 Å². The molecule has 0 saturated heterocycles. The third-order valence-corrected chi connectivity index (χ3v) is 9.40. The number of fused-ring (bicyclic) bond motifs is 4. The summed E-state index contributed by atoms with van der Waals surface area (Å²) in [5.74, 6) is 4.28. The van der Waals surface area contributed by atoms with Crippen LogP contribution in [-0.2, 0) is 9.59 Å². The fourth-order valence-corrected chi connectivity index (χ4v) is 7.53. The molecule has 0 aromatic heterocycles. The molecule has 6 rings (SSSR count). The molecule has 0 unspecified atom stereocenters. The van der Waals surface area contributed by atoms with Gasteiger partial charge in [-0.1, -0.05) is 25.0 Å². The predicted molar refractivity (Wildman–Crippen MR) is 140 cm³/mol. The van der Waals surface area contributed by atoms with Crippen molar-refractivity contribution in [2.75, 3.05) is 24.9 Å². The van der Waals surface area contributed by atoms with Crippen molar-refractivity contribution in [1.82, 2.24) is 0 Å². The molecule has 6 atom stereocenters. The van der Waals surface area contributed by atoms with Crippen molar-refractivity contribution in [2.45, 2.75) is 51.4 Å². The second-order valence-electron chi connectivity index (χ2n) is 11.4. The van der Waals surface area contributed by atoms with Gasteiger partial charge in [-0.2, -0.15) is 0 Å². The number of methoxy groups -OCH3 is 2. The van der Waals surface area contributed by atoms with E-state index in [1.54, 1.807) is 14.2 Å². The van der Waals surface area contributed by atoms with E-state index in [1.807, 2.05) is 36.4 Å².